The first-order valence-electron chi connectivity index (χ1n) is 9.35. The Labute approximate surface area is 175 Å². The van der Waals surface area contributed by atoms with Crippen molar-refractivity contribution >= 4 is 11.6 Å². The molecule has 2 aromatic heterocycles. The Morgan fingerprint density at radius 2 is 1.77 bits per heavy atom. The van der Waals surface area contributed by atoms with Crippen LogP contribution in [0.3, 0.4) is 0 Å². The Balaban J connectivity index is 1.30. The molecule has 1 amide bonds. The summed E-state index contributed by atoms with van der Waals surface area (Å²) in [4.78, 5) is 11.8. The highest BCUT2D eigenvalue weighted by Crippen LogP contribution is 2.19. The predicted octanol–water partition coefficient (Wildman–Crippen LogP) is 2.64. The molecule has 0 aliphatic heterocycles. The number of nitrogens with zero attached hydrogens (tertiary/aromatic N) is 4. The molecule has 2 aromatic carbocycles. The van der Waals surface area contributed by atoms with Gasteiger partial charge in [-0.15, -0.1) is 15.3 Å². The Morgan fingerprint density at radius 1 is 0.968 bits per heavy atom. The van der Waals surface area contributed by atoms with Crippen molar-refractivity contribution in [3.8, 4) is 23.0 Å². The number of carbonyl (C=O) groups is 1. The molecule has 8 nitrogen and oxygen atoms in total. The van der Waals surface area contributed by atoms with Gasteiger partial charge in [0.05, 0.1) is 6.54 Å². The Morgan fingerprint density at radius 3 is 2.58 bits per heavy atom. The van der Waals surface area contributed by atoms with Crippen LogP contribution in [0.2, 0.25) is 0 Å². The van der Waals surface area contributed by atoms with Crippen LogP contribution in [0.15, 0.2) is 60.7 Å². The Hall–Kier alpha value is -4.08. The van der Waals surface area contributed by atoms with Gasteiger partial charge in [0.25, 0.3) is 5.91 Å². The van der Waals surface area contributed by atoms with Crippen LogP contribution >= 0.6 is 0 Å². The minimum atomic E-state index is -0.533. The molecule has 0 bridgehead atoms. The van der Waals surface area contributed by atoms with Crippen LogP contribution in [0, 0.1) is 11.6 Å². The average molecular weight is 425 g/mol. The fraction of sp³-hybridized carbons (Fsp3) is 0.143. The molecule has 0 fully saturated rings. The molecule has 4 rings (SSSR count). The van der Waals surface area contributed by atoms with E-state index >= 15 is 0 Å². The van der Waals surface area contributed by atoms with E-state index in [2.05, 4.69) is 20.6 Å². The van der Waals surface area contributed by atoms with Crippen molar-refractivity contribution < 1.29 is 23.0 Å². The van der Waals surface area contributed by atoms with Gasteiger partial charge in [-0.3, -0.25) is 4.79 Å². The van der Waals surface area contributed by atoms with Gasteiger partial charge in [-0.1, -0.05) is 12.1 Å². The molecule has 2 heterocycles. The van der Waals surface area contributed by atoms with Gasteiger partial charge >= 0.3 is 0 Å². The number of halogens is 2. The molecule has 1 N–H and O–H groups in total. The van der Waals surface area contributed by atoms with Gasteiger partial charge in [0.1, 0.15) is 12.4 Å². The number of hydrogen-bond acceptors (Lipinski definition) is 6. The second-order valence-electron chi connectivity index (χ2n) is 6.39. The second kappa shape index (κ2) is 9.16. The van der Waals surface area contributed by atoms with E-state index in [1.165, 1.54) is 34.8 Å². The van der Waals surface area contributed by atoms with Crippen molar-refractivity contribution in [1.82, 2.24) is 25.1 Å². The highest BCUT2D eigenvalue weighted by Gasteiger charge is 2.11. The van der Waals surface area contributed by atoms with E-state index in [1.54, 1.807) is 30.3 Å². The first-order chi connectivity index (χ1) is 15.1. The van der Waals surface area contributed by atoms with Gasteiger partial charge < -0.3 is 14.8 Å². The third-order valence-corrected chi connectivity index (χ3v) is 4.21. The lowest BCUT2D eigenvalue weighted by Crippen LogP contribution is -2.32. The first kappa shape index (κ1) is 20.2. The average Bonchev–Trinajstić information content (AvgIpc) is 3.20. The van der Waals surface area contributed by atoms with Gasteiger partial charge in [0.2, 0.25) is 5.88 Å². The second-order valence-corrected chi connectivity index (χ2v) is 6.39. The Kier molecular flexibility index (Phi) is 5.97. The summed E-state index contributed by atoms with van der Waals surface area (Å²) in [6.45, 7) is 0.0387. The molecule has 4 aromatic rings. The van der Waals surface area contributed by atoms with E-state index in [4.69, 9.17) is 9.47 Å². The summed E-state index contributed by atoms with van der Waals surface area (Å²) in [5.74, 6) is -0.540. The summed E-state index contributed by atoms with van der Waals surface area (Å²) < 4.78 is 38.8. The van der Waals surface area contributed by atoms with Crippen molar-refractivity contribution in [2.24, 2.45) is 0 Å². The quantitative estimate of drug-likeness (QED) is 0.437. The first-order valence-corrected chi connectivity index (χ1v) is 9.35. The Bertz CT molecular complexity index is 1200. The maximum atomic E-state index is 13.5. The maximum Gasteiger partial charge on any atom is 0.258 e. The van der Waals surface area contributed by atoms with Crippen molar-refractivity contribution in [3.63, 3.8) is 0 Å². The zero-order valence-electron chi connectivity index (χ0n) is 16.2. The fourth-order valence-corrected chi connectivity index (χ4v) is 2.73. The standard InChI is InChI=1S/C21H17F2N5O3/c22-15-7-5-14(6-8-15)21-26-25-18-9-10-20(27-28(18)21)30-12-11-24-19(29)13-31-17-4-2-1-3-16(17)23/h1-10H,11-13H2,(H,24,29). The lowest BCUT2D eigenvalue weighted by molar-refractivity contribution is -0.123. The van der Waals surface area contributed by atoms with Crippen molar-refractivity contribution in [2.75, 3.05) is 19.8 Å². The zero-order chi connectivity index (χ0) is 21.6. The number of para-hydroxylation sites is 1. The number of benzene rings is 2. The molecule has 10 heteroatoms. The molecule has 0 saturated carbocycles. The van der Waals surface area contributed by atoms with E-state index in [0.717, 1.165) is 0 Å². The minimum absolute atomic E-state index is 0.0114. The number of amides is 1. The topological polar surface area (TPSA) is 90.6 Å². The van der Waals surface area contributed by atoms with Gasteiger partial charge in [0.15, 0.2) is 29.6 Å². The van der Waals surface area contributed by atoms with Crippen LogP contribution in [0.25, 0.3) is 17.0 Å². The molecule has 0 aliphatic rings. The van der Waals surface area contributed by atoms with Gasteiger partial charge in [0, 0.05) is 11.6 Å². The predicted molar refractivity (Wildman–Crippen MR) is 107 cm³/mol. The molecular weight excluding hydrogens is 408 g/mol. The molecule has 0 aliphatic carbocycles. The number of nitrogens with one attached hydrogen (secondary N) is 1. The van der Waals surface area contributed by atoms with Crippen LogP contribution in [0.5, 0.6) is 11.6 Å². The third-order valence-electron chi connectivity index (χ3n) is 4.21. The van der Waals surface area contributed by atoms with E-state index in [0.29, 0.717) is 22.9 Å². The van der Waals surface area contributed by atoms with Crippen LogP contribution in [-0.4, -0.2) is 45.5 Å². The number of fused-ring (bicyclic) bond motifs is 1. The van der Waals surface area contributed by atoms with Crippen LogP contribution in [-0.2, 0) is 4.79 Å². The number of carbonyl (C=O) groups excluding carboxylic acids is 1. The van der Waals surface area contributed by atoms with Gasteiger partial charge in [-0.25, -0.2) is 8.78 Å². The third kappa shape index (κ3) is 4.92. The largest absolute Gasteiger partial charge is 0.481 e. The molecule has 0 unspecified atom stereocenters. The molecule has 0 saturated heterocycles. The highest BCUT2D eigenvalue weighted by molar-refractivity contribution is 5.77. The molecule has 0 spiro atoms. The summed E-state index contributed by atoms with van der Waals surface area (Å²) in [7, 11) is 0. The summed E-state index contributed by atoms with van der Waals surface area (Å²) >= 11 is 0. The summed E-state index contributed by atoms with van der Waals surface area (Å²) in [5.41, 5.74) is 1.16. The van der Waals surface area contributed by atoms with Crippen molar-refractivity contribution in [3.05, 3.63) is 72.3 Å². The number of rotatable bonds is 8. The SMILES string of the molecule is O=C(COc1ccccc1F)NCCOc1ccc2nnc(-c3ccc(F)cc3)n2n1. The van der Waals surface area contributed by atoms with Crippen molar-refractivity contribution in [2.45, 2.75) is 0 Å². The van der Waals surface area contributed by atoms with Crippen LogP contribution in [0.1, 0.15) is 0 Å². The van der Waals surface area contributed by atoms with Crippen molar-refractivity contribution in [1.29, 1.82) is 0 Å². The fourth-order valence-electron chi connectivity index (χ4n) is 2.73. The zero-order valence-corrected chi connectivity index (χ0v) is 16.2. The monoisotopic (exact) mass is 425 g/mol. The summed E-state index contributed by atoms with van der Waals surface area (Å²) in [6, 6.07) is 15.0. The molecule has 31 heavy (non-hydrogen) atoms. The number of aromatic nitrogens is 4. The van der Waals surface area contributed by atoms with E-state index in [1.807, 2.05) is 0 Å². The molecule has 0 atom stereocenters. The van der Waals surface area contributed by atoms with E-state index in [-0.39, 0.29) is 31.3 Å². The highest BCUT2D eigenvalue weighted by atomic mass is 19.1. The number of ether oxygens (including phenoxy) is 2. The van der Waals surface area contributed by atoms with Gasteiger partial charge in [-0.05, 0) is 42.5 Å². The lowest BCUT2D eigenvalue weighted by Gasteiger charge is -2.09. The van der Waals surface area contributed by atoms with E-state index in [9.17, 15) is 13.6 Å². The summed E-state index contributed by atoms with van der Waals surface area (Å²) in [5, 5.41) is 15.1. The molecule has 0 radical (unpaired) electrons. The lowest BCUT2D eigenvalue weighted by atomic mass is 10.2. The molecular formula is C21H17F2N5O3. The van der Waals surface area contributed by atoms with Gasteiger partial charge in [-0.2, -0.15) is 4.52 Å². The smallest absolute Gasteiger partial charge is 0.258 e. The minimum Gasteiger partial charge on any atom is -0.481 e. The summed E-state index contributed by atoms with van der Waals surface area (Å²) in [6.07, 6.45) is 0. The molecule has 158 valence electrons. The maximum absolute atomic E-state index is 13.5. The number of hydrogen-bond donors (Lipinski definition) is 1. The normalized spacial score (nSPS) is 10.8. The van der Waals surface area contributed by atoms with Crippen LogP contribution in [0.4, 0.5) is 8.78 Å². The van der Waals surface area contributed by atoms with Crippen LogP contribution < -0.4 is 14.8 Å². The van der Waals surface area contributed by atoms with E-state index < -0.39 is 11.7 Å².